The van der Waals surface area contributed by atoms with Gasteiger partial charge in [0.25, 0.3) is 0 Å². The summed E-state index contributed by atoms with van der Waals surface area (Å²) in [6.07, 6.45) is 1.14. The van der Waals surface area contributed by atoms with Crippen LogP contribution in [0.3, 0.4) is 0 Å². The summed E-state index contributed by atoms with van der Waals surface area (Å²) in [5.41, 5.74) is 2.42. The Morgan fingerprint density at radius 1 is 1.25 bits per heavy atom. The van der Waals surface area contributed by atoms with E-state index in [1.54, 1.807) is 7.11 Å². The minimum absolute atomic E-state index is 0.870. The Morgan fingerprint density at radius 3 is 2.75 bits per heavy atom. The first kappa shape index (κ1) is 13.0. The van der Waals surface area contributed by atoms with Crippen LogP contribution < -0.4 is 15.4 Å². The van der Waals surface area contributed by atoms with E-state index in [4.69, 9.17) is 4.74 Å². The van der Waals surface area contributed by atoms with Crippen molar-refractivity contribution in [2.45, 2.75) is 19.9 Å². The number of para-hydroxylation sites is 1. The van der Waals surface area contributed by atoms with Crippen molar-refractivity contribution in [3.05, 3.63) is 29.3 Å². The molecular formula is C13H22N2O. The molecule has 1 aromatic carbocycles. The van der Waals surface area contributed by atoms with Gasteiger partial charge in [-0.25, -0.2) is 0 Å². The van der Waals surface area contributed by atoms with Gasteiger partial charge in [0.05, 0.1) is 7.11 Å². The van der Waals surface area contributed by atoms with Crippen molar-refractivity contribution in [3.63, 3.8) is 0 Å². The highest BCUT2D eigenvalue weighted by atomic mass is 16.5. The van der Waals surface area contributed by atoms with Crippen LogP contribution in [0.2, 0.25) is 0 Å². The van der Waals surface area contributed by atoms with Crippen molar-refractivity contribution in [3.8, 4) is 5.75 Å². The SMILES string of the molecule is CNCCCNCc1cccc(C)c1OC. The quantitative estimate of drug-likeness (QED) is 0.689. The van der Waals surface area contributed by atoms with E-state index in [1.165, 1.54) is 11.1 Å². The second-order valence-corrected chi connectivity index (χ2v) is 3.90. The molecule has 0 atom stereocenters. The van der Waals surface area contributed by atoms with E-state index in [-0.39, 0.29) is 0 Å². The molecular weight excluding hydrogens is 200 g/mol. The van der Waals surface area contributed by atoms with E-state index in [9.17, 15) is 0 Å². The van der Waals surface area contributed by atoms with Crippen LogP contribution in [0.1, 0.15) is 17.5 Å². The number of methoxy groups -OCH3 is 1. The van der Waals surface area contributed by atoms with Gasteiger partial charge >= 0.3 is 0 Å². The molecule has 0 bridgehead atoms. The summed E-state index contributed by atoms with van der Waals surface area (Å²) in [5.74, 6) is 1.00. The second-order valence-electron chi connectivity index (χ2n) is 3.90. The molecule has 3 nitrogen and oxygen atoms in total. The van der Waals surface area contributed by atoms with E-state index < -0.39 is 0 Å². The maximum atomic E-state index is 5.40. The highest BCUT2D eigenvalue weighted by Crippen LogP contribution is 2.22. The standard InChI is InChI=1S/C13H22N2O/c1-11-6-4-7-12(13(11)16-3)10-15-9-5-8-14-2/h4,6-7,14-15H,5,8-10H2,1-3H3. The number of aryl methyl sites for hydroxylation is 1. The molecule has 0 saturated carbocycles. The molecule has 0 fully saturated rings. The third-order valence-electron chi connectivity index (χ3n) is 2.59. The Hall–Kier alpha value is -1.06. The minimum Gasteiger partial charge on any atom is -0.496 e. The fourth-order valence-corrected chi connectivity index (χ4v) is 1.76. The maximum absolute atomic E-state index is 5.40. The van der Waals surface area contributed by atoms with Crippen LogP contribution in [0, 0.1) is 6.92 Å². The lowest BCUT2D eigenvalue weighted by molar-refractivity contribution is 0.404. The summed E-state index contributed by atoms with van der Waals surface area (Å²) < 4.78 is 5.40. The van der Waals surface area contributed by atoms with Crippen LogP contribution in [0.25, 0.3) is 0 Å². The van der Waals surface area contributed by atoms with Gasteiger partial charge in [-0.3, -0.25) is 0 Å². The predicted molar refractivity (Wildman–Crippen MR) is 68.0 cm³/mol. The van der Waals surface area contributed by atoms with Crippen LogP contribution in [0.15, 0.2) is 18.2 Å². The van der Waals surface area contributed by atoms with Gasteiger partial charge < -0.3 is 15.4 Å². The number of rotatable bonds is 7. The molecule has 1 aromatic rings. The monoisotopic (exact) mass is 222 g/mol. The molecule has 90 valence electrons. The smallest absolute Gasteiger partial charge is 0.126 e. The van der Waals surface area contributed by atoms with Crippen LogP contribution in [0.4, 0.5) is 0 Å². The first-order valence-corrected chi connectivity index (χ1v) is 5.77. The number of hydrogen-bond donors (Lipinski definition) is 2. The second kappa shape index (κ2) is 7.25. The largest absolute Gasteiger partial charge is 0.496 e. The van der Waals surface area contributed by atoms with Crippen LogP contribution >= 0.6 is 0 Å². The van der Waals surface area contributed by atoms with Gasteiger partial charge in [0.2, 0.25) is 0 Å². The molecule has 1 rings (SSSR count). The molecule has 0 amide bonds. The van der Waals surface area contributed by atoms with Crippen molar-refractivity contribution < 1.29 is 4.74 Å². The van der Waals surface area contributed by atoms with Gasteiger partial charge in [-0.2, -0.15) is 0 Å². The average molecular weight is 222 g/mol. The summed E-state index contributed by atoms with van der Waals surface area (Å²) in [6, 6.07) is 6.25. The number of nitrogens with one attached hydrogen (secondary N) is 2. The van der Waals surface area contributed by atoms with E-state index in [1.807, 2.05) is 7.05 Å². The molecule has 0 saturated heterocycles. The summed E-state index contributed by atoms with van der Waals surface area (Å²) in [6.45, 7) is 5.02. The van der Waals surface area contributed by atoms with Gasteiger partial charge in [0.15, 0.2) is 0 Å². The molecule has 0 aliphatic heterocycles. The normalized spacial score (nSPS) is 10.4. The fourth-order valence-electron chi connectivity index (χ4n) is 1.76. The fraction of sp³-hybridized carbons (Fsp3) is 0.538. The highest BCUT2D eigenvalue weighted by molar-refractivity contribution is 5.40. The van der Waals surface area contributed by atoms with E-state index in [2.05, 4.69) is 35.8 Å². The third kappa shape index (κ3) is 3.83. The minimum atomic E-state index is 0.870. The molecule has 0 aliphatic rings. The maximum Gasteiger partial charge on any atom is 0.126 e. The van der Waals surface area contributed by atoms with Crippen LogP contribution in [-0.4, -0.2) is 27.2 Å². The van der Waals surface area contributed by atoms with Gasteiger partial charge in [-0.15, -0.1) is 0 Å². The predicted octanol–water partition coefficient (Wildman–Crippen LogP) is 1.70. The molecule has 0 aliphatic carbocycles. The van der Waals surface area contributed by atoms with Crippen molar-refractivity contribution in [2.24, 2.45) is 0 Å². The topological polar surface area (TPSA) is 33.3 Å². The Labute approximate surface area is 98.2 Å². The Morgan fingerprint density at radius 2 is 2.06 bits per heavy atom. The molecule has 0 heterocycles. The lowest BCUT2D eigenvalue weighted by atomic mass is 10.1. The molecule has 0 aromatic heterocycles. The summed E-state index contributed by atoms with van der Waals surface area (Å²) in [4.78, 5) is 0. The molecule has 0 unspecified atom stereocenters. The zero-order chi connectivity index (χ0) is 11.8. The summed E-state index contributed by atoms with van der Waals surface area (Å²) in [5, 5.41) is 6.55. The van der Waals surface area contributed by atoms with Crippen molar-refractivity contribution >= 4 is 0 Å². The summed E-state index contributed by atoms with van der Waals surface area (Å²) >= 11 is 0. The van der Waals surface area contributed by atoms with Crippen LogP contribution in [-0.2, 0) is 6.54 Å². The molecule has 16 heavy (non-hydrogen) atoms. The average Bonchev–Trinajstić information content (AvgIpc) is 2.29. The molecule has 0 radical (unpaired) electrons. The number of hydrogen-bond acceptors (Lipinski definition) is 3. The van der Waals surface area contributed by atoms with Crippen molar-refractivity contribution in [2.75, 3.05) is 27.2 Å². The van der Waals surface area contributed by atoms with Crippen LogP contribution in [0.5, 0.6) is 5.75 Å². The molecule has 0 spiro atoms. The van der Waals surface area contributed by atoms with E-state index >= 15 is 0 Å². The molecule has 2 N–H and O–H groups in total. The Bertz CT molecular complexity index is 313. The number of benzene rings is 1. The third-order valence-corrected chi connectivity index (χ3v) is 2.59. The lowest BCUT2D eigenvalue weighted by Gasteiger charge is -2.11. The zero-order valence-corrected chi connectivity index (χ0v) is 10.5. The number of ether oxygens (including phenoxy) is 1. The first-order valence-electron chi connectivity index (χ1n) is 5.77. The van der Waals surface area contributed by atoms with Gasteiger partial charge in [0, 0.05) is 12.1 Å². The van der Waals surface area contributed by atoms with Gasteiger partial charge in [0.1, 0.15) is 5.75 Å². The van der Waals surface area contributed by atoms with Gasteiger partial charge in [-0.1, -0.05) is 18.2 Å². The van der Waals surface area contributed by atoms with Crippen molar-refractivity contribution in [1.29, 1.82) is 0 Å². The lowest BCUT2D eigenvalue weighted by Crippen LogP contribution is -2.19. The Kier molecular flexibility index (Phi) is 5.90. The zero-order valence-electron chi connectivity index (χ0n) is 10.5. The Balaban J connectivity index is 2.44. The van der Waals surface area contributed by atoms with Gasteiger partial charge in [-0.05, 0) is 39.0 Å². The highest BCUT2D eigenvalue weighted by Gasteiger charge is 2.04. The van der Waals surface area contributed by atoms with E-state index in [0.29, 0.717) is 0 Å². The molecule has 3 heteroatoms. The van der Waals surface area contributed by atoms with Crippen molar-refractivity contribution in [1.82, 2.24) is 10.6 Å². The first-order chi connectivity index (χ1) is 7.79. The van der Waals surface area contributed by atoms with E-state index in [0.717, 1.165) is 31.8 Å². The summed E-state index contributed by atoms with van der Waals surface area (Å²) in [7, 11) is 3.70.